The molecule has 6 nitrogen and oxygen atoms in total. The van der Waals surface area contributed by atoms with Gasteiger partial charge in [-0.05, 0) is 87.5 Å². The fourth-order valence-electron chi connectivity index (χ4n) is 5.01. The van der Waals surface area contributed by atoms with Crippen molar-refractivity contribution in [2.75, 3.05) is 39.5 Å². The van der Waals surface area contributed by atoms with E-state index in [4.69, 9.17) is 15.5 Å². The number of hydrogen-bond acceptors (Lipinski definition) is 5. The van der Waals surface area contributed by atoms with Gasteiger partial charge in [0.15, 0.2) is 0 Å². The van der Waals surface area contributed by atoms with Gasteiger partial charge in [-0.25, -0.2) is 4.39 Å². The molecule has 0 fully saturated rings. The van der Waals surface area contributed by atoms with E-state index >= 15 is 0 Å². The standard InChI is InChI=1S/C34H36FN5O/c1-6-38-34(29-16-23(9-10-31(29)36)27-13-21(2)7-8-22(27)3)32-18-28-30(19-37-20-33(28)39-32)24-14-25(35)17-26(15-24)41-12-11-40(4)5/h7-10,13-20,39H,6,11-12,36H2,1-5H3. The van der Waals surface area contributed by atoms with E-state index < -0.39 is 0 Å². The molecular formula is C34H36FN5O. The van der Waals surface area contributed by atoms with Crippen molar-refractivity contribution in [2.24, 2.45) is 4.99 Å². The Morgan fingerprint density at radius 3 is 2.59 bits per heavy atom. The number of hydrogen-bond donors (Lipinski definition) is 2. The molecule has 7 heteroatoms. The average Bonchev–Trinajstić information content (AvgIpc) is 3.37. The first-order valence-corrected chi connectivity index (χ1v) is 13.8. The van der Waals surface area contributed by atoms with Gasteiger partial charge in [0, 0.05) is 47.6 Å². The zero-order chi connectivity index (χ0) is 29.1. The number of benzene rings is 3. The number of aliphatic imine (C=N–C) groups is 1. The molecule has 5 rings (SSSR count). The van der Waals surface area contributed by atoms with Crippen LogP contribution in [-0.2, 0) is 0 Å². The number of nitrogens with zero attached hydrogens (tertiary/aromatic N) is 3. The molecule has 0 amide bonds. The Kier molecular flexibility index (Phi) is 8.17. The van der Waals surface area contributed by atoms with Crippen LogP contribution in [-0.4, -0.2) is 54.4 Å². The number of ether oxygens (including phenoxy) is 1. The molecule has 3 aromatic carbocycles. The molecular weight excluding hydrogens is 513 g/mol. The lowest BCUT2D eigenvalue weighted by molar-refractivity contribution is 0.260. The van der Waals surface area contributed by atoms with E-state index in [0.717, 1.165) is 45.5 Å². The molecule has 0 aliphatic heterocycles. The van der Waals surface area contributed by atoms with Crippen LogP contribution in [0.1, 0.15) is 29.3 Å². The first-order valence-electron chi connectivity index (χ1n) is 13.8. The molecule has 3 N–H and O–H groups in total. The number of aromatic amines is 1. The van der Waals surface area contributed by atoms with Gasteiger partial charge in [0.25, 0.3) is 0 Å². The van der Waals surface area contributed by atoms with Crippen molar-refractivity contribution in [2.45, 2.75) is 20.8 Å². The van der Waals surface area contributed by atoms with Crippen LogP contribution in [0.15, 0.2) is 78.0 Å². The third kappa shape index (κ3) is 6.15. The summed E-state index contributed by atoms with van der Waals surface area (Å²) < 4.78 is 20.5. The molecule has 0 saturated heterocycles. The summed E-state index contributed by atoms with van der Waals surface area (Å²) in [4.78, 5) is 14.8. The Bertz CT molecular complexity index is 1740. The molecule has 0 bridgehead atoms. The van der Waals surface area contributed by atoms with Crippen LogP contribution in [0, 0.1) is 19.7 Å². The topological polar surface area (TPSA) is 79.5 Å². The summed E-state index contributed by atoms with van der Waals surface area (Å²) in [5.74, 6) is 0.123. The minimum atomic E-state index is -0.362. The zero-order valence-corrected chi connectivity index (χ0v) is 24.3. The number of anilines is 1. The highest BCUT2D eigenvalue weighted by Gasteiger charge is 2.17. The number of likely N-dealkylation sites (N-methyl/N-ethyl adjacent to an activating group) is 1. The number of aromatic nitrogens is 2. The fraction of sp³-hybridized carbons (Fsp3) is 0.235. The number of H-pyrrole nitrogens is 1. The molecule has 5 aromatic rings. The normalized spacial score (nSPS) is 11.9. The highest BCUT2D eigenvalue weighted by molar-refractivity contribution is 6.17. The van der Waals surface area contributed by atoms with Gasteiger partial charge < -0.3 is 20.4 Å². The second-order valence-electron chi connectivity index (χ2n) is 10.6. The van der Waals surface area contributed by atoms with E-state index in [9.17, 15) is 4.39 Å². The maximum absolute atomic E-state index is 14.7. The van der Waals surface area contributed by atoms with Crippen LogP contribution < -0.4 is 10.5 Å². The van der Waals surface area contributed by atoms with E-state index in [0.29, 0.717) is 30.2 Å². The Morgan fingerprint density at radius 2 is 1.80 bits per heavy atom. The van der Waals surface area contributed by atoms with Crippen LogP contribution in [0.5, 0.6) is 5.75 Å². The smallest absolute Gasteiger partial charge is 0.127 e. The van der Waals surface area contributed by atoms with Crippen molar-refractivity contribution < 1.29 is 9.13 Å². The van der Waals surface area contributed by atoms with E-state index in [1.807, 2.05) is 44.1 Å². The molecule has 0 saturated carbocycles. The van der Waals surface area contributed by atoms with Gasteiger partial charge in [-0.3, -0.25) is 9.98 Å². The lowest BCUT2D eigenvalue weighted by Crippen LogP contribution is -2.19. The second kappa shape index (κ2) is 11.9. The van der Waals surface area contributed by atoms with Crippen LogP contribution in [0.3, 0.4) is 0 Å². The minimum Gasteiger partial charge on any atom is -0.492 e. The highest BCUT2D eigenvalue weighted by Crippen LogP contribution is 2.34. The molecule has 210 valence electrons. The van der Waals surface area contributed by atoms with Gasteiger partial charge in [0.2, 0.25) is 0 Å². The summed E-state index contributed by atoms with van der Waals surface area (Å²) in [5, 5.41) is 0.910. The number of pyridine rings is 1. The molecule has 41 heavy (non-hydrogen) atoms. The first-order chi connectivity index (χ1) is 19.7. The van der Waals surface area contributed by atoms with Crippen LogP contribution in [0.2, 0.25) is 0 Å². The van der Waals surface area contributed by atoms with E-state index in [2.05, 4.69) is 54.1 Å². The van der Waals surface area contributed by atoms with Crippen LogP contribution in [0.4, 0.5) is 10.1 Å². The van der Waals surface area contributed by atoms with Gasteiger partial charge in [0.05, 0.1) is 23.1 Å². The molecule has 0 atom stereocenters. The largest absolute Gasteiger partial charge is 0.492 e. The van der Waals surface area contributed by atoms with Crippen molar-refractivity contribution in [1.29, 1.82) is 0 Å². The molecule has 0 radical (unpaired) electrons. The summed E-state index contributed by atoms with van der Waals surface area (Å²) >= 11 is 0. The Hall–Kier alpha value is -4.49. The predicted octanol–water partition coefficient (Wildman–Crippen LogP) is 7.03. The quantitative estimate of drug-likeness (QED) is 0.153. The number of nitrogens with two attached hydrogens (primary N) is 1. The molecule has 2 heterocycles. The Morgan fingerprint density at radius 1 is 0.976 bits per heavy atom. The van der Waals surface area contributed by atoms with Gasteiger partial charge in [-0.1, -0.05) is 29.8 Å². The van der Waals surface area contributed by atoms with Crippen LogP contribution >= 0.6 is 0 Å². The minimum absolute atomic E-state index is 0.362. The summed E-state index contributed by atoms with van der Waals surface area (Å²) in [7, 11) is 3.94. The van der Waals surface area contributed by atoms with E-state index in [1.54, 1.807) is 12.4 Å². The SMILES string of the molecule is CCN=C(c1cc2c(-c3cc(F)cc(OCCN(C)C)c3)cncc2[nH]1)c1cc(-c2cc(C)ccc2C)ccc1N. The summed E-state index contributed by atoms with van der Waals surface area (Å²) in [6.45, 7) is 8.00. The maximum Gasteiger partial charge on any atom is 0.127 e. The predicted molar refractivity (Wildman–Crippen MR) is 167 cm³/mol. The van der Waals surface area contributed by atoms with Gasteiger partial charge >= 0.3 is 0 Å². The number of halogens is 1. The maximum atomic E-state index is 14.7. The Balaban J connectivity index is 1.58. The van der Waals surface area contributed by atoms with Crippen molar-refractivity contribution in [1.82, 2.24) is 14.9 Å². The highest BCUT2D eigenvalue weighted by atomic mass is 19.1. The molecule has 0 unspecified atom stereocenters. The number of nitrogen functional groups attached to an aromatic ring is 1. The molecule has 0 aliphatic rings. The summed E-state index contributed by atoms with van der Waals surface area (Å²) in [5.41, 5.74) is 16.6. The molecule has 0 aliphatic carbocycles. The second-order valence-corrected chi connectivity index (χ2v) is 10.6. The van der Waals surface area contributed by atoms with Crippen molar-refractivity contribution in [3.63, 3.8) is 0 Å². The van der Waals surface area contributed by atoms with Gasteiger partial charge in [0.1, 0.15) is 18.2 Å². The lowest BCUT2D eigenvalue weighted by atomic mass is 9.94. The Labute approximate surface area is 240 Å². The fourth-order valence-corrected chi connectivity index (χ4v) is 5.01. The third-order valence-electron chi connectivity index (χ3n) is 7.12. The van der Waals surface area contributed by atoms with E-state index in [1.165, 1.54) is 28.8 Å². The molecule has 0 spiro atoms. The van der Waals surface area contributed by atoms with Crippen molar-refractivity contribution in [3.8, 4) is 28.0 Å². The monoisotopic (exact) mass is 549 g/mol. The summed E-state index contributed by atoms with van der Waals surface area (Å²) in [6.07, 6.45) is 3.53. The average molecular weight is 550 g/mol. The zero-order valence-electron chi connectivity index (χ0n) is 24.3. The molecule has 2 aromatic heterocycles. The number of aryl methyl sites for hydroxylation is 2. The number of nitrogens with one attached hydrogen (secondary N) is 1. The van der Waals surface area contributed by atoms with Gasteiger partial charge in [-0.2, -0.15) is 0 Å². The summed E-state index contributed by atoms with van der Waals surface area (Å²) in [6, 6.07) is 19.4. The van der Waals surface area contributed by atoms with E-state index in [-0.39, 0.29) is 5.82 Å². The van der Waals surface area contributed by atoms with Gasteiger partial charge in [-0.15, -0.1) is 0 Å². The number of rotatable bonds is 9. The lowest BCUT2D eigenvalue weighted by Gasteiger charge is -2.13. The first kappa shape index (κ1) is 28.1. The third-order valence-corrected chi connectivity index (χ3v) is 7.12. The van der Waals surface area contributed by atoms with Crippen LogP contribution in [0.25, 0.3) is 33.2 Å². The van der Waals surface area contributed by atoms with Crippen molar-refractivity contribution >= 4 is 22.3 Å². The number of fused-ring (bicyclic) bond motifs is 1. The van der Waals surface area contributed by atoms with Crippen molar-refractivity contribution in [3.05, 3.63) is 101 Å².